The van der Waals surface area contributed by atoms with Crippen molar-refractivity contribution in [3.05, 3.63) is 30.9 Å². The number of benzene rings is 1. The molecular formula is C17H23N5O4. The lowest BCUT2D eigenvalue weighted by atomic mass is 9.94. The van der Waals surface area contributed by atoms with Crippen LogP contribution in [0.15, 0.2) is 30.9 Å². The Bertz CT molecular complexity index is 699. The summed E-state index contributed by atoms with van der Waals surface area (Å²) in [5.74, 6) is 1.11. The van der Waals surface area contributed by atoms with Crippen LogP contribution in [0, 0.1) is 5.92 Å². The number of amides is 1. The monoisotopic (exact) mass is 361 g/mol. The summed E-state index contributed by atoms with van der Waals surface area (Å²) < 4.78 is 7.12. The number of hydrogen-bond donors (Lipinski definition) is 3. The molecule has 26 heavy (non-hydrogen) atoms. The Kier molecular flexibility index (Phi) is 7.56. The lowest BCUT2D eigenvalue weighted by Gasteiger charge is -2.22. The molecule has 1 aromatic heterocycles. The van der Waals surface area contributed by atoms with Gasteiger partial charge in [0.15, 0.2) is 0 Å². The fourth-order valence-corrected chi connectivity index (χ4v) is 2.84. The first-order chi connectivity index (χ1) is 12.7. The van der Waals surface area contributed by atoms with E-state index in [4.69, 9.17) is 14.6 Å². The van der Waals surface area contributed by atoms with E-state index in [2.05, 4.69) is 20.8 Å². The van der Waals surface area contributed by atoms with Gasteiger partial charge in [-0.25, -0.2) is 0 Å². The molecule has 0 atom stereocenters. The zero-order valence-corrected chi connectivity index (χ0v) is 14.6. The van der Waals surface area contributed by atoms with Crippen LogP contribution in [0.25, 0.3) is 5.69 Å². The topological polar surface area (TPSA) is 118 Å². The summed E-state index contributed by atoms with van der Waals surface area (Å²) in [6, 6.07) is 5.59. The highest BCUT2D eigenvalue weighted by Crippen LogP contribution is 2.28. The van der Waals surface area contributed by atoms with E-state index in [1.54, 1.807) is 24.3 Å². The van der Waals surface area contributed by atoms with E-state index in [1.807, 2.05) is 18.2 Å². The first-order valence-corrected chi connectivity index (χ1v) is 8.29. The highest BCUT2D eigenvalue weighted by atomic mass is 16.5. The number of aromatic nitrogens is 3. The summed E-state index contributed by atoms with van der Waals surface area (Å²) >= 11 is 0. The second kappa shape index (κ2) is 10.1. The van der Waals surface area contributed by atoms with Crippen LogP contribution in [0.5, 0.6) is 5.75 Å². The summed E-state index contributed by atoms with van der Waals surface area (Å²) in [5.41, 5.74) is 1.53. The predicted molar refractivity (Wildman–Crippen MR) is 95.4 cm³/mol. The Hall–Kier alpha value is -2.94. The molecule has 1 aliphatic rings. The molecule has 0 unspecified atom stereocenters. The van der Waals surface area contributed by atoms with E-state index >= 15 is 0 Å². The van der Waals surface area contributed by atoms with Crippen LogP contribution >= 0.6 is 0 Å². The molecule has 1 aliphatic heterocycles. The molecule has 1 aromatic carbocycles. The molecule has 2 heterocycles. The number of anilines is 1. The van der Waals surface area contributed by atoms with Crippen molar-refractivity contribution in [1.82, 2.24) is 20.1 Å². The minimum Gasteiger partial charge on any atom is -0.495 e. The van der Waals surface area contributed by atoms with Gasteiger partial charge in [-0.3, -0.25) is 14.2 Å². The second-order valence-electron chi connectivity index (χ2n) is 5.80. The van der Waals surface area contributed by atoms with Crippen LogP contribution in [0.4, 0.5) is 5.69 Å². The van der Waals surface area contributed by atoms with Crippen molar-refractivity contribution in [1.29, 1.82) is 0 Å². The maximum atomic E-state index is 12.3. The summed E-state index contributed by atoms with van der Waals surface area (Å²) in [4.78, 5) is 20.7. The minimum absolute atomic E-state index is 0.0242. The van der Waals surface area contributed by atoms with Gasteiger partial charge in [0.25, 0.3) is 6.47 Å². The van der Waals surface area contributed by atoms with Crippen LogP contribution in [-0.4, -0.2) is 52.4 Å². The zero-order valence-electron chi connectivity index (χ0n) is 14.6. The molecular weight excluding hydrogens is 338 g/mol. The Morgan fingerprint density at radius 1 is 1.38 bits per heavy atom. The molecule has 2 aromatic rings. The Morgan fingerprint density at radius 3 is 2.65 bits per heavy atom. The third-order valence-electron chi connectivity index (χ3n) is 4.11. The summed E-state index contributed by atoms with van der Waals surface area (Å²) in [6.07, 6.45) is 5.86. The number of rotatable bonds is 5. The summed E-state index contributed by atoms with van der Waals surface area (Å²) in [6.45, 7) is 1.73. The summed E-state index contributed by atoms with van der Waals surface area (Å²) in [7, 11) is 1.59. The van der Waals surface area contributed by atoms with Crippen molar-refractivity contribution in [2.75, 3.05) is 25.5 Å². The van der Waals surface area contributed by atoms with E-state index in [1.165, 1.54) is 0 Å². The minimum atomic E-state index is -0.250. The average Bonchev–Trinajstić information content (AvgIpc) is 3.18. The first kappa shape index (κ1) is 19.4. The molecule has 0 aliphatic carbocycles. The Labute approximate surface area is 151 Å². The van der Waals surface area contributed by atoms with Gasteiger partial charge in [0.05, 0.1) is 18.5 Å². The van der Waals surface area contributed by atoms with Gasteiger partial charge in [0.1, 0.15) is 18.4 Å². The van der Waals surface area contributed by atoms with E-state index in [0.717, 1.165) is 31.6 Å². The van der Waals surface area contributed by atoms with Crippen LogP contribution in [0.2, 0.25) is 0 Å². The maximum Gasteiger partial charge on any atom is 0.290 e. The van der Waals surface area contributed by atoms with Crippen LogP contribution in [0.1, 0.15) is 19.3 Å². The van der Waals surface area contributed by atoms with Crippen molar-refractivity contribution < 1.29 is 19.4 Å². The highest BCUT2D eigenvalue weighted by molar-refractivity contribution is 5.92. The third-order valence-corrected chi connectivity index (χ3v) is 4.11. The molecule has 9 heteroatoms. The van der Waals surface area contributed by atoms with Gasteiger partial charge in [-0.2, -0.15) is 0 Å². The third kappa shape index (κ3) is 5.55. The van der Waals surface area contributed by atoms with Crippen molar-refractivity contribution in [3.8, 4) is 11.4 Å². The van der Waals surface area contributed by atoms with Gasteiger partial charge in [-0.1, -0.05) is 0 Å². The quantitative estimate of drug-likeness (QED) is 0.687. The SMILES string of the molecule is COc1ccc(-n2cnnc2)cc1NC(=O)CC1CCNCC1.O=CO. The molecule has 9 nitrogen and oxygen atoms in total. The second-order valence-corrected chi connectivity index (χ2v) is 5.80. The predicted octanol–water partition coefficient (Wildman–Crippen LogP) is 1.30. The van der Waals surface area contributed by atoms with Gasteiger partial charge in [0, 0.05) is 6.42 Å². The number of methoxy groups -OCH3 is 1. The molecule has 0 spiro atoms. The number of ether oxygens (including phenoxy) is 1. The lowest BCUT2D eigenvalue weighted by Crippen LogP contribution is -2.30. The molecule has 0 bridgehead atoms. The van der Waals surface area contributed by atoms with Gasteiger partial charge in [-0.05, 0) is 50.0 Å². The van der Waals surface area contributed by atoms with Crippen molar-refractivity contribution >= 4 is 18.1 Å². The normalized spacial score (nSPS) is 14.0. The molecule has 1 amide bonds. The molecule has 140 valence electrons. The van der Waals surface area contributed by atoms with Gasteiger partial charge < -0.3 is 20.5 Å². The van der Waals surface area contributed by atoms with Crippen LogP contribution in [-0.2, 0) is 9.59 Å². The standard InChI is InChI=1S/C16H21N5O2.CH2O2/c1-23-15-3-2-13(21-10-18-19-11-21)9-14(15)20-16(22)8-12-4-6-17-7-5-12;2-1-3/h2-3,9-12,17H,4-8H2,1H3,(H,20,22);1H,(H,2,3). The number of carbonyl (C=O) groups is 2. The number of nitrogens with one attached hydrogen (secondary N) is 2. The summed E-state index contributed by atoms with van der Waals surface area (Å²) in [5, 5.41) is 20.8. The Balaban J connectivity index is 0.000000758. The fraction of sp³-hybridized carbons (Fsp3) is 0.412. The van der Waals surface area contributed by atoms with Gasteiger partial charge >= 0.3 is 0 Å². The number of nitrogens with zero attached hydrogens (tertiary/aromatic N) is 3. The highest BCUT2D eigenvalue weighted by Gasteiger charge is 2.18. The van der Waals surface area contributed by atoms with Crippen molar-refractivity contribution in [3.63, 3.8) is 0 Å². The van der Waals surface area contributed by atoms with Crippen LogP contribution in [0.3, 0.4) is 0 Å². The number of piperidine rings is 1. The number of carbonyl (C=O) groups excluding carboxylic acids is 1. The lowest BCUT2D eigenvalue weighted by molar-refractivity contribution is -0.123. The fourth-order valence-electron chi connectivity index (χ4n) is 2.84. The van der Waals surface area contributed by atoms with Gasteiger partial charge in [0.2, 0.25) is 5.91 Å². The number of carboxylic acid groups (broad SMARTS) is 1. The van der Waals surface area contributed by atoms with E-state index in [-0.39, 0.29) is 12.4 Å². The molecule has 3 rings (SSSR count). The Morgan fingerprint density at radius 2 is 2.04 bits per heavy atom. The van der Waals surface area contributed by atoms with E-state index in [0.29, 0.717) is 23.8 Å². The zero-order chi connectivity index (χ0) is 18.8. The molecule has 0 saturated carbocycles. The average molecular weight is 361 g/mol. The van der Waals surface area contributed by atoms with Crippen molar-refractivity contribution in [2.24, 2.45) is 5.92 Å². The van der Waals surface area contributed by atoms with Gasteiger partial charge in [-0.15, -0.1) is 10.2 Å². The molecule has 0 radical (unpaired) electrons. The first-order valence-electron chi connectivity index (χ1n) is 8.29. The smallest absolute Gasteiger partial charge is 0.290 e. The van der Waals surface area contributed by atoms with Crippen LogP contribution < -0.4 is 15.4 Å². The maximum absolute atomic E-state index is 12.3. The molecule has 3 N–H and O–H groups in total. The number of hydrogen-bond acceptors (Lipinski definition) is 6. The molecule has 1 fully saturated rings. The van der Waals surface area contributed by atoms with E-state index in [9.17, 15) is 4.79 Å². The molecule has 1 saturated heterocycles. The van der Waals surface area contributed by atoms with Crippen molar-refractivity contribution in [2.45, 2.75) is 19.3 Å². The van der Waals surface area contributed by atoms with E-state index < -0.39 is 0 Å². The largest absolute Gasteiger partial charge is 0.495 e.